The molecule has 3 aromatic rings. The van der Waals surface area contributed by atoms with Crippen LogP contribution in [0.15, 0.2) is 55.2 Å². The van der Waals surface area contributed by atoms with E-state index in [0.717, 1.165) is 17.9 Å². The predicted octanol–water partition coefficient (Wildman–Crippen LogP) is 3.06. The summed E-state index contributed by atoms with van der Waals surface area (Å²) < 4.78 is 13.2. The Bertz CT molecular complexity index is 711. The first-order valence-corrected chi connectivity index (χ1v) is 7.01. The number of nitrogens with zero attached hydrogens (tertiary/aromatic N) is 4. The van der Waals surface area contributed by atoms with Crippen molar-refractivity contribution in [2.75, 3.05) is 0 Å². The number of ether oxygens (including phenoxy) is 2. The largest absolute Gasteiger partial charge is 0.489 e. The summed E-state index contributed by atoms with van der Waals surface area (Å²) in [5, 5.41) is 4.21. The van der Waals surface area contributed by atoms with E-state index in [2.05, 4.69) is 15.1 Å². The van der Waals surface area contributed by atoms with Crippen molar-refractivity contribution in [2.24, 2.45) is 0 Å². The number of rotatable bonds is 6. The van der Waals surface area contributed by atoms with Gasteiger partial charge in [-0.05, 0) is 31.2 Å². The summed E-state index contributed by atoms with van der Waals surface area (Å²) in [6, 6.07) is 7.38. The number of benzene rings is 1. The van der Waals surface area contributed by atoms with E-state index in [1.807, 2.05) is 48.3 Å². The maximum absolute atomic E-state index is 5.72. The third-order valence-electron chi connectivity index (χ3n) is 3.00. The van der Waals surface area contributed by atoms with Gasteiger partial charge in [-0.15, -0.1) is 0 Å². The van der Waals surface area contributed by atoms with Crippen LogP contribution in [-0.2, 0) is 13.2 Å². The van der Waals surface area contributed by atoms with Crippen molar-refractivity contribution in [2.45, 2.75) is 20.1 Å². The molecule has 0 aliphatic heterocycles. The van der Waals surface area contributed by atoms with E-state index in [-0.39, 0.29) is 0 Å². The van der Waals surface area contributed by atoms with Gasteiger partial charge in [0.05, 0.1) is 12.4 Å². The summed E-state index contributed by atoms with van der Waals surface area (Å²) in [5.41, 5.74) is 1.04. The smallest absolute Gasteiger partial charge is 0.237 e. The van der Waals surface area contributed by atoms with Gasteiger partial charge >= 0.3 is 0 Å². The van der Waals surface area contributed by atoms with Crippen molar-refractivity contribution in [3.8, 4) is 17.4 Å². The lowest BCUT2D eigenvalue weighted by Gasteiger charge is -2.07. The molecule has 0 unspecified atom stereocenters. The molecule has 2 heterocycles. The normalized spacial score (nSPS) is 10.4. The van der Waals surface area contributed by atoms with Crippen LogP contribution in [0, 0.1) is 0 Å². The second kappa shape index (κ2) is 6.71. The first kappa shape index (κ1) is 14.1. The third kappa shape index (κ3) is 3.60. The summed E-state index contributed by atoms with van der Waals surface area (Å²) in [4.78, 5) is 8.01. The molecule has 0 saturated carbocycles. The number of aryl methyl sites for hydroxylation is 1. The highest BCUT2D eigenvalue weighted by atomic mass is 16.5. The van der Waals surface area contributed by atoms with E-state index in [0.29, 0.717) is 18.2 Å². The minimum atomic E-state index is 0.461. The van der Waals surface area contributed by atoms with E-state index in [1.54, 1.807) is 18.6 Å². The van der Waals surface area contributed by atoms with E-state index < -0.39 is 0 Å². The molecule has 0 atom stereocenters. The van der Waals surface area contributed by atoms with Crippen LogP contribution in [0.1, 0.15) is 12.5 Å². The summed E-state index contributed by atoms with van der Waals surface area (Å²) in [7, 11) is 0. The molecule has 0 fully saturated rings. The van der Waals surface area contributed by atoms with Crippen molar-refractivity contribution in [1.82, 2.24) is 19.7 Å². The predicted molar refractivity (Wildman–Crippen MR) is 80.8 cm³/mol. The number of hydrogen-bond donors (Lipinski definition) is 0. The lowest BCUT2D eigenvalue weighted by Crippen LogP contribution is -1.95. The molecule has 0 aliphatic rings. The lowest BCUT2D eigenvalue weighted by atomic mass is 10.3. The number of hydrogen-bond acceptors (Lipinski definition) is 5. The van der Waals surface area contributed by atoms with Crippen LogP contribution in [0.4, 0.5) is 0 Å². The first-order chi connectivity index (χ1) is 10.8. The minimum Gasteiger partial charge on any atom is -0.489 e. The van der Waals surface area contributed by atoms with Crippen molar-refractivity contribution in [1.29, 1.82) is 0 Å². The zero-order chi connectivity index (χ0) is 15.2. The maximum atomic E-state index is 5.72. The molecule has 6 nitrogen and oxygen atoms in total. The maximum Gasteiger partial charge on any atom is 0.237 e. The fraction of sp³-hybridized carbons (Fsp3) is 0.188. The quantitative estimate of drug-likeness (QED) is 0.699. The van der Waals surface area contributed by atoms with Crippen LogP contribution >= 0.6 is 0 Å². The molecule has 6 heteroatoms. The van der Waals surface area contributed by atoms with Crippen LogP contribution in [-0.4, -0.2) is 19.7 Å². The Balaban J connectivity index is 1.57. The second-order valence-corrected chi connectivity index (χ2v) is 4.61. The molecular formula is C16H16N4O2. The summed E-state index contributed by atoms with van der Waals surface area (Å²) in [6.07, 6.45) is 8.55. The Labute approximate surface area is 128 Å². The molecule has 0 bridgehead atoms. The molecule has 1 aromatic carbocycles. The molecule has 0 saturated heterocycles. The van der Waals surface area contributed by atoms with Gasteiger partial charge in [0.2, 0.25) is 5.88 Å². The van der Waals surface area contributed by atoms with Crippen LogP contribution in [0.2, 0.25) is 0 Å². The molecule has 112 valence electrons. The van der Waals surface area contributed by atoms with Crippen LogP contribution in [0.25, 0.3) is 0 Å². The van der Waals surface area contributed by atoms with Gasteiger partial charge in [0, 0.05) is 30.7 Å². The van der Waals surface area contributed by atoms with Crippen molar-refractivity contribution in [3.63, 3.8) is 0 Å². The van der Waals surface area contributed by atoms with E-state index >= 15 is 0 Å². The summed E-state index contributed by atoms with van der Waals surface area (Å²) >= 11 is 0. The van der Waals surface area contributed by atoms with E-state index in [1.165, 1.54) is 0 Å². The topological polar surface area (TPSA) is 62.1 Å². The molecule has 0 radical (unpaired) electrons. The molecule has 2 aromatic heterocycles. The molecular weight excluding hydrogens is 280 g/mol. The highest BCUT2D eigenvalue weighted by Crippen LogP contribution is 2.22. The Morgan fingerprint density at radius 3 is 2.55 bits per heavy atom. The van der Waals surface area contributed by atoms with Gasteiger partial charge in [-0.2, -0.15) is 5.10 Å². The molecule has 0 spiro atoms. The molecule has 0 amide bonds. The first-order valence-electron chi connectivity index (χ1n) is 7.01. The molecule has 0 N–H and O–H groups in total. The fourth-order valence-corrected chi connectivity index (χ4v) is 1.88. The van der Waals surface area contributed by atoms with Crippen molar-refractivity contribution >= 4 is 0 Å². The van der Waals surface area contributed by atoms with Gasteiger partial charge in [-0.1, -0.05) is 0 Å². The second-order valence-electron chi connectivity index (χ2n) is 4.61. The SMILES string of the molecule is CCn1cc(COc2ccc(Oc3cnccn3)cc2)cn1. The molecule has 0 aliphatic carbocycles. The van der Waals surface area contributed by atoms with Gasteiger partial charge in [-0.3, -0.25) is 9.67 Å². The number of aromatic nitrogens is 4. The van der Waals surface area contributed by atoms with Crippen molar-refractivity contribution in [3.05, 3.63) is 60.8 Å². The Kier molecular flexibility index (Phi) is 4.29. The lowest BCUT2D eigenvalue weighted by molar-refractivity contribution is 0.305. The minimum absolute atomic E-state index is 0.461. The van der Waals surface area contributed by atoms with Gasteiger partial charge in [0.25, 0.3) is 0 Å². The van der Waals surface area contributed by atoms with Gasteiger partial charge in [-0.25, -0.2) is 4.98 Å². The Hall–Kier alpha value is -2.89. The zero-order valence-electron chi connectivity index (χ0n) is 12.2. The van der Waals surface area contributed by atoms with Gasteiger partial charge in [0.15, 0.2) is 0 Å². The fourth-order valence-electron chi connectivity index (χ4n) is 1.88. The van der Waals surface area contributed by atoms with Crippen molar-refractivity contribution < 1.29 is 9.47 Å². The summed E-state index contributed by atoms with van der Waals surface area (Å²) in [6.45, 7) is 3.40. The van der Waals surface area contributed by atoms with E-state index in [4.69, 9.17) is 9.47 Å². The summed E-state index contributed by atoms with van der Waals surface area (Å²) in [5.74, 6) is 1.92. The van der Waals surface area contributed by atoms with Crippen LogP contribution in [0.5, 0.6) is 17.4 Å². The zero-order valence-corrected chi connectivity index (χ0v) is 12.2. The Morgan fingerprint density at radius 2 is 1.86 bits per heavy atom. The highest BCUT2D eigenvalue weighted by molar-refractivity contribution is 5.33. The third-order valence-corrected chi connectivity index (χ3v) is 3.00. The van der Waals surface area contributed by atoms with Crippen LogP contribution in [0.3, 0.4) is 0 Å². The average Bonchev–Trinajstić information content (AvgIpc) is 3.03. The molecule has 22 heavy (non-hydrogen) atoms. The Morgan fingerprint density at radius 1 is 1.05 bits per heavy atom. The van der Waals surface area contributed by atoms with E-state index in [9.17, 15) is 0 Å². The van der Waals surface area contributed by atoms with Crippen LogP contribution < -0.4 is 9.47 Å². The standard InChI is InChI=1S/C16H16N4O2/c1-2-20-11-13(9-19-20)12-21-14-3-5-15(6-4-14)22-16-10-17-7-8-18-16/h3-11H,2,12H2,1H3. The molecule has 3 rings (SSSR count). The highest BCUT2D eigenvalue weighted by Gasteiger charge is 2.01. The average molecular weight is 296 g/mol. The van der Waals surface area contributed by atoms with Gasteiger partial charge in [0.1, 0.15) is 18.1 Å². The van der Waals surface area contributed by atoms with Gasteiger partial charge < -0.3 is 9.47 Å². The monoisotopic (exact) mass is 296 g/mol.